The van der Waals surface area contributed by atoms with Crippen LogP contribution >= 0.6 is 0 Å². The number of nitrogens with zero attached hydrogens (tertiary/aromatic N) is 2. The molecule has 2 aromatic rings. The Morgan fingerprint density at radius 1 is 1.33 bits per heavy atom. The number of aromatic nitrogens is 2. The highest BCUT2D eigenvalue weighted by molar-refractivity contribution is 5.95. The summed E-state index contributed by atoms with van der Waals surface area (Å²) in [6, 6.07) is 8.14. The Morgan fingerprint density at radius 3 is 2.67 bits per heavy atom. The van der Waals surface area contributed by atoms with Crippen molar-refractivity contribution in [3.63, 3.8) is 0 Å². The lowest BCUT2D eigenvalue weighted by Crippen LogP contribution is -2.26. The standard InChI is InChI=1S/C17H23N3O/c1-12(2)20-13(3)11-16(14(20)4)17(21)19-10-8-15-7-5-6-9-18-15/h5-7,9,11-12H,8,10H2,1-4H3,(H,19,21). The van der Waals surface area contributed by atoms with Gasteiger partial charge in [0.05, 0.1) is 5.56 Å². The van der Waals surface area contributed by atoms with Gasteiger partial charge in [0.2, 0.25) is 0 Å². The molecule has 0 spiro atoms. The van der Waals surface area contributed by atoms with E-state index in [0.717, 1.165) is 29.1 Å². The number of carbonyl (C=O) groups excluding carboxylic acids is 1. The summed E-state index contributed by atoms with van der Waals surface area (Å²) in [5.41, 5.74) is 3.91. The minimum absolute atomic E-state index is 0.00840. The van der Waals surface area contributed by atoms with Gasteiger partial charge in [-0.25, -0.2) is 0 Å². The van der Waals surface area contributed by atoms with Crippen molar-refractivity contribution in [3.8, 4) is 0 Å². The Balaban J connectivity index is 1.99. The lowest BCUT2D eigenvalue weighted by atomic mass is 10.2. The molecule has 0 fully saturated rings. The molecular weight excluding hydrogens is 262 g/mol. The van der Waals surface area contributed by atoms with Crippen LogP contribution in [0, 0.1) is 13.8 Å². The topological polar surface area (TPSA) is 46.9 Å². The second-order valence-electron chi connectivity index (χ2n) is 5.58. The largest absolute Gasteiger partial charge is 0.352 e. The van der Waals surface area contributed by atoms with Crippen LogP contribution in [-0.4, -0.2) is 22.0 Å². The molecule has 4 heteroatoms. The van der Waals surface area contributed by atoms with Crippen molar-refractivity contribution in [2.24, 2.45) is 0 Å². The molecule has 2 aromatic heterocycles. The van der Waals surface area contributed by atoms with Gasteiger partial charge in [-0.1, -0.05) is 6.07 Å². The van der Waals surface area contributed by atoms with Gasteiger partial charge in [0.25, 0.3) is 5.91 Å². The molecule has 0 unspecified atom stereocenters. The Labute approximate surface area is 126 Å². The SMILES string of the molecule is Cc1cc(C(=O)NCCc2ccccn2)c(C)n1C(C)C. The molecule has 0 radical (unpaired) electrons. The van der Waals surface area contributed by atoms with Gasteiger partial charge in [-0.05, 0) is 45.9 Å². The number of hydrogen-bond donors (Lipinski definition) is 1. The Morgan fingerprint density at radius 2 is 2.10 bits per heavy atom. The summed E-state index contributed by atoms with van der Waals surface area (Å²) in [5.74, 6) is -0.00840. The van der Waals surface area contributed by atoms with Crippen LogP contribution in [0.4, 0.5) is 0 Å². The first-order valence-electron chi connectivity index (χ1n) is 7.37. The molecule has 2 rings (SSSR count). The second-order valence-corrected chi connectivity index (χ2v) is 5.58. The van der Waals surface area contributed by atoms with Crippen LogP contribution in [0.5, 0.6) is 0 Å². The lowest BCUT2D eigenvalue weighted by molar-refractivity contribution is 0.0953. The van der Waals surface area contributed by atoms with Crippen molar-refractivity contribution in [2.45, 2.75) is 40.2 Å². The van der Waals surface area contributed by atoms with Gasteiger partial charge in [-0.2, -0.15) is 0 Å². The number of hydrogen-bond acceptors (Lipinski definition) is 2. The molecule has 1 N–H and O–H groups in total. The van der Waals surface area contributed by atoms with Gasteiger partial charge in [0, 0.05) is 42.3 Å². The average molecular weight is 285 g/mol. The van der Waals surface area contributed by atoms with Gasteiger partial charge in [0.15, 0.2) is 0 Å². The second kappa shape index (κ2) is 6.57. The summed E-state index contributed by atoms with van der Waals surface area (Å²) in [7, 11) is 0. The van der Waals surface area contributed by atoms with Crippen LogP contribution in [-0.2, 0) is 6.42 Å². The highest BCUT2D eigenvalue weighted by atomic mass is 16.1. The zero-order valence-electron chi connectivity index (χ0n) is 13.2. The third-order valence-electron chi connectivity index (χ3n) is 3.64. The van der Waals surface area contributed by atoms with E-state index < -0.39 is 0 Å². The molecule has 21 heavy (non-hydrogen) atoms. The smallest absolute Gasteiger partial charge is 0.253 e. The van der Waals surface area contributed by atoms with E-state index in [1.807, 2.05) is 38.1 Å². The fraction of sp³-hybridized carbons (Fsp3) is 0.412. The minimum Gasteiger partial charge on any atom is -0.352 e. The highest BCUT2D eigenvalue weighted by Crippen LogP contribution is 2.19. The molecule has 112 valence electrons. The Kier molecular flexibility index (Phi) is 4.78. The van der Waals surface area contributed by atoms with Gasteiger partial charge >= 0.3 is 0 Å². The predicted molar refractivity (Wildman–Crippen MR) is 84.6 cm³/mol. The molecule has 0 saturated carbocycles. The normalized spacial score (nSPS) is 10.9. The van der Waals surface area contributed by atoms with Crippen molar-refractivity contribution in [3.05, 3.63) is 53.1 Å². The van der Waals surface area contributed by atoms with Crippen LogP contribution < -0.4 is 5.32 Å². The van der Waals surface area contributed by atoms with E-state index in [9.17, 15) is 4.79 Å². The molecule has 0 aliphatic rings. The molecule has 0 aromatic carbocycles. The fourth-order valence-corrected chi connectivity index (χ4v) is 2.75. The third-order valence-corrected chi connectivity index (χ3v) is 3.64. The van der Waals surface area contributed by atoms with Crippen molar-refractivity contribution in [1.82, 2.24) is 14.9 Å². The predicted octanol–water partition coefficient (Wildman–Crippen LogP) is 3.05. The third kappa shape index (κ3) is 3.51. The molecule has 0 saturated heterocycles. The van der Waals surface area contributed by atoms with Gasteiger partial charge < -0.3 is 9.88 Å². The van der Waals surface area contributed by atoms with Crippen molar-refractivity contribution in [2.75, 3.05) is 6.54 Å². The van der Waals surface area contributed by atoms with Crippen LogP contribution in [0.3, 0.4) is 0 Å². The molecule has 0 atom stereocenters. The monoisotopic (exact) mass is 285 g/mol. The highest BCUT2D eigenvalue weighted by Gasteiger charge is 2.16. The summed E-state index contributed by atoms with van der Waals surface area (Å²) >= 11 is 0. The summed E-state index contributed by atoms with van der Waals surface area (Å²) < 4.78 is 2.19. The van der Waals surface area contributed by atoms with E-state index in [-0.39, 0.29) is 5.91 Å². The summed E-state index contributed by atoms with van der Waals surface area (Å²) in [5, 5.41) is 2.98. The van der Waals surface area contributed by atoms with E-state index in [0.29, 0.717) is 12.6 Å². The summed E-state index contributed by atoms with van der Waals surface area (Å²) in [6.45, 7) is 8.89. The fourth-order valence-electron chi connectivity index (χ4n) is 2.75. The zero-order valence-corrected chi connectivity index (χ0v) is 13.2. The summed E-state index contributed by atoms with van der Waals surface area (Å²) in [4.78, 5) is 16.6. The van der Waals surface area contributed by atoms with Crippen LogP contribution in [0.1, 0.15) is 47.3 Å². The Hall–Kier alpha value is -2.10. The quantitative estimate of drug-likeness (QED) is 0.917. The van der Waals surface area contributed by atoms with Gasteiger partial charge in [-0.3, -0.25) is 9.78 Å². The maximum absolute atomic E-state index is 12.3. The molecule has 0 aliphatic heterocycles. The van der Waals surface area contributed by atoms with Crippen molar-refractivity contribution < 1.29 is 4.79 Å². The first-order chi connectivity index (χ1) is 10.0. The van der Waals surface area contributed by atoms with E-state index in [2.05, 4.69) is 28.7 Å². The van der Waals surface area contributed by atoms with Crippen molar-refractivity contribution >= 4 is 5.91 Å². The van der Waals surface area contributed by atoms with Crippen molar-refractivity contribution in [1.29, 1.82) is 0 Å². The maximum Gasteiger partial charge on any atom is 0.253 e. The van der Waals surface area contributed by atoms with E-state index >= 15 is 0 Å². The molecule has 2 heterocycles. The first kappa shape index (κ1) is 15.3. The van der Waals surface area contributed by atoms with Crippen LogP contribution in [0.15, 0.2) is 30.5 Å². The van der Waals surface area contributed by atoms with E-state index in [1.54, 1.807) is 6.20 Å². The lowest BCUT2D eigenvalue weighted by Gasteiger charge is -2.13. The van der Waals surface area contributed by atoms with Crippen LogP contribution in [0.2, 0.25) is 0 Å². The number of aryl methyl sites for hydroxylation is 1. The molecule has 0 bridgehead atoms. The first-order valence-corrected chi connectivity index (χ1v) is 7.37. The zero-order chi connectivity index (χ0) is 15.4. The number of nitrogens with one attached hydrogen (secondary N) is 1. The number of rotatable bonds is 5. The molecule has 0 aliphatic carbocycles. The van der Waals surface area contributed by atoms with E-state index in [4.69, 9.17) is 0 Å². The summed E-state index contributed by atoms with van der Waals surface area (Å²) in [6.07, 6.45) is 2.52. The van der Waals surface area contributed by atoms with Crippen LogP contribution in [0.25, 0.3) is 0 Å². The van der Waals surface area contributed by atoms with Gasteiger partial charge in [-0.15, -0.1) is 0 Å². The number of amides is 1. The average Bonchev–Trinajstić information content (AvgIpc) is 2.75. The molecular formula is C17H23N3O. The minimum atomic E-state index is -0.00840. The van der Waals surface area contributed by atoms with Gasteiger partial charge in [0.1, 0.15) is 0 Å². The Bertz CT molecular complexity index is 614. The molecule has 4 nitrogen and oxygen atoms in total. The number of pyridine rings is 1. The maximum atomic E-state index is 12.3. The van der Waals surface area contributed by atoms with E-state index in [1.165, 1.54) is 0 Å². The molecule has 1 amide bonds. The number of carbonyl (C=O) groups is 1.